The van der Waals surface area contributed by atoms with Gasteiger partial charge in [-0.1, -0.05) is 123 Å². The molecular weight excluding hydrogens is 642 g/mol. The summed E-state index contributed by atoms with van der Waals surface area (Å²) in [7, 11) is -3.90. The van der Waals surface area contributed by atoms with Gasteiger partial charge >= 0.3 is 0 Å². The molecule has 1 amide bonds. The zero-order valence-electron chi connectivity index (χ0n) is 21.2. The van der Waals surface area contributed by atoms with Crippen LogP contribution in [0.25, 0.3) is 0 Å². The van der Waals surface area contributed by atoms with E-state index in [-0.39, 0.29) is 11.4 Å². The molecule has 39 heavy (non-hydrogen) atoms. The minimum atomic E-state index is -3.90. The monoisotopic (exact) mass is 669 g/mol. The van der Waals surface area contributed by atoms with Gasteiger partial charge in [-0.25, -0.2) is 18.3 Å². The Morgan fingerprint density at radius 3 is 1.62 bits per heavy atom. The molecule has 0 aliphatic rings. The third-order valence-corrected chi connectivity index (χ3v) is 9.00. The van der Waals surface area contributed by atoms with Crippen LogP contribution in [0.4, 0.5) is 0 Å². The van der Waals surface area contributed by atoms with Crippen molar-refractivity contribution in [1.29, 1.82) is 0 Å². The van der Waals surface area contributed by atoms with Crippen molar-refractivity contribution in [2.75, 3.05) is 17.6 Å². The smallest absolute Gasteiger partial charge is 0.261 e. The maximum absolute atomic E-state index is 13.8. The topological polar surface area (TPSA) is 63.7 Å². The lowest BCUT2D eigenvalue weighted by atomic mass is 9.80. The number of amides is 1. The fraction of sp³-hybridized carbons (Fsp3) is 0.194. The molecule has 0 unspecified atom stereocenters. The lowest BCUT2D eigenvalue weighted by Gasteiger charge is -2.39. The van der Waals surface area contributed by atoms with E-state index in [1.807, 2.05) is 91.0 Å². The third kappa shape index (κ3) is 7.06. The number of nitrogens with zero attached hydrogens (tertiary/aromatic N) is 1. The Balaban J connectivity index is 1.81. The molecule has 0 saturated heterocycles. The molecule has 0 fully saturated rings. The van der Waals surface area contributed by atoms with Gasteiger partial charge in [-0.3, -0.25) is 4.79 Å². The summed E-state index contributed by atoms with van der Waals surface area (Å²) in [5.41, 5.74) is 1.25. The summed E-state index contributed by atoms with van der Waals surface area (Å²) < 4.78 is 27.2. The number of halogens is 2. The minimum Gasteiger partial charge on any atom is -0.271 e. The summed E-state index contributed by atoms with van der Waals surface area (Å²) in [5, 5.41) is 2.00. The van der Waals surface area contributed by atoms with E-state index in [2.05, 4.69) is 31.9 Å². The maximum atomic E-state index is 13.8. The molecule has 0 saturated carbocycles. The van der Waals surface area contributed by atoms with Gasteiger partial charge in [0.15, 0.2) is 15.4 Å². The normalized spacial score (nSPS) is 11.7. The molecule has 8 heteroatoms. The van der Waals surface area contributed by atoms with Gasteiger partial charge < -0.3 is 0 Å². The summed E-state index contributed by atoms with van der Waals surface area (Å²) >= 11 is 6.78. The number of hydrogen-bond donors (Lipinski definition) is 0. The van der Waals surface area contributed by atoms with Crippen LogP contribution in [0.1, 0.15) is 29.5 Å². The molecule has 0 spiro atoms. The highest BCUT2D eigenvalue weighted by Crippen LogP contribution is 2.41. The van der Waals surface area contributed by atoms with Crippen LogP contribution in [-0.4, -0.2) is 37.0 Å². The van der Waals surface area contributed by atoms with Crippen LogP contribution in [0.5, 0.6) is 0 Å². The molecule has 0 aliphatic heterocycles. The number of hydrogen-bond acceptors (Lipinski definition) is 4. The lowest BCUT2D eigenvalue weighted by Crippen LogP contribution is -2.45. The third-order valence-electron chi connectivity index (χ3n) is 6.30. The molecule has 4 aromatic rings. The Labute approximate surface area is 247 Å². The van der Waals surface area contributed by atoms with Gasteiger partial charge in [0.25, 0.3) is 5.91 Å². The van der Waals surface area contributed by atoms with Gasteiger partial charge in [-0.15, -0.1) is 0 Å². The predicted octanol–water partition coefficient (Wildman–Crippen LogP) is 7.15. The molecule has 0 aromatic heterocycles. The fourth-order valence-corrected chi connectivity index (χ4v) is 6.22. The number of hydroxylamine groups is 2. The molecule has 202 valence electrons. The first-order chi connectivity index (χ1) is 18.9. The molecule has 0 aliphatic carbocycles. The SMILES string of the molecule is O=C(CS(=O)(=O)c1ccc(Br)cc1)N(CCCCBr)OC(c1ccccc1)(c1ccccc1)c1ccccc1. The summed E-state index contributed by atoms with van der Waals surface area (Å²) in [6.07, 6.45) is 1.42. The van der Waals surface area contributed by atoms with E-state index in [0.717, 1.165) is 32.9 Å². The highest BCUT2D eigenvalue weighted by Gasteiger charge is 2.41. The van der Waals surface area contributed by atoms with Crippen molar-refractivity contribution in [1.82, 2.24) is 5.06 Å². The average Bonchev–Trinajstić information content (AvgIpc) is 2.96. The number of benzene rings is 4. The number of sulfone groups is 1. The number of carbonyl (C=O) groups is 1. The zero-order chi connectivity index (χ0) is 27.7. The Kier molecular flexibility index (Phi) is 10.1. The van der Waals surface area contributed by atoms with Crippen LogP contribution in [0.15, 0.2) is 125 Å². The van der Waals surface area contributed by atoms with Crippen molar-refractivity contribution in [2.24, 2.45) is 0 Å². The maximum Gasteiger partial charge on any atom is 0.261 e. The summed E-state index contributed by atoms with van der Waals surface area (Å²) in [6.45, 7) is 0.231. The summed E-state index contributed by atoms with van der Waals surface area (Å²) in [5.74, 6) is -1.34. The van der Waals surface area contributed by atoms with Gasteiger partial charge in [-0.05, 0) is 53.8 Å². The van der Waals surface area contributed by atoms with Gasteiger partial charge in [0.2, 0.25) is 0 Å². The predicted molar refractivity (Wildman–Crippen MR) is 161 cm³/mol. The molecule has 5 nitrogen and oxygen atoms in total. The molecule has 0 N–H and O–H groups in total. The van der Waals surface area contributed by atoms with Crippen molar-refractivity contribution >= 4 is 47.6 Å². The quantitative estimate of drug-likeness (QED) is 0.0695. The Bertz CT molecular complexity index is 1350. The second-order valence-electron chi connectivity index (χ2n) is 8.98. The molecule has 0 atom stereocenters. The van der Waals surface area contributed by atoms with Gasteiger partial charge in [0, 0.05) is 16.3 Å². The highest BCUT2D eigenvalue weighted by molar-refractivity contribution is 9.10. The average molecular weight is 671 g/mol. The van der Waals surface area contributed by atoms with Crippen molar-refractivity contribution in [3.63, 3.8) is 0 Å². The van der Waals surface area contributed by atoms with E-state index in [9.17, 15) is 13.2 Å². The lowest BCUT2D eigenvalue weighted by molar-refractivity contribution is -0.220. The van der Waals surface area contributed by atoms with E-state index in [4.69, 9.17) is 4.84 Å². The van der Waals surface area contributed by atoms with Crippen molar-refractivity contribution in [3.05, 3.63) is 136 Å². The van der Waals surface area contributed by atoms with Crippen LogP contribution in [0.2, 0.25) is 0 Å². The zero-order valence-corrected chi connectivity index (χ0v) is 25.2. The van der Waals surface area contributed by atoms with Crippen molar-refractivity contribution < 1.29 is 18.0 Å². The van der Waals surface area contributed by atoms with Gasteiger partial charge in [0.1, 0.15) is 5.75 Å². The van der Waals surface area contributed by atoms with Crippen molar-refractivity contribution in [2.45, 2.75) is 23.3 Å². The first kappa shape index (κ1) is 29.2. The number of carbonyl (C=O) groups excluding carboxylic acids is 1. The van der Waals surface area contributed by atoms with Crippen LogP contribution in [0, 0.1) is 0 Å². The Morgan fingerprint density at radius 2 is 1.18 bits per heavy atom. The second-order valence-corrected chi connectivity index (χ2v) is 12.7. The van der Waals surface area contributed by atoms with E-state index < -0.39 is 27.1 Å². The van der Waals surface area contributed by atoms with E-state index in [1.54, 1.807) is 12.1 Å². The van der Waals surface area contributed by atoms with Gasteiger partial charge in [0.05, 0.1) is 4.90 Å². The number of alkyl halides is 1. The van der Waals surface area contributed by atoms with E-state index >= 15 is 0 Å². The molecule has 0 heterocycles. The largest absolute Gasteiger partial charge is 0.271 e. The molecule has 4 aromatic carbocycles. The fourth-order valence-electron chi connectivity index (χ4n) is 4.37. The molecule has 4 rings (SSSR count). The summed E-state index contributed by atoms with van der Waals surface area (Å²) in [6, 6.07) is 35.3. The highest BCUT2D eigenvalue weighted by atomic mass is 79.9. The molecule has 0 bridgehead atoms. The van der Waals surface area contributed by atoms with E-state index in [0.29, 0.717) is 6.42 Å². The Hall–Kier alpha value is -2.78. The minimum absolute atomic E-state index is 0.0832. The first-order valence-electron chi connectivity index (χ1n) is 12.6. The summed E-state index contributed by atoms with van der Waals surface area (Å²) in [4.78, 5) is 20.7. The molecular formula is C31H29Br2NO4S. The van der Waals surface area contributed by atoms with Crippen LogP contribution in [0.3, 0.4) is 0 Å². The van der Waals surface area contributed by atoms with Crippen LogP contribution in [-0.2, 0) is 25.1 Å². The Morgan fingerprint density at radius 1 is 0.718 bits per heavy atom. The van der Waals surface area contributed by atoms with Gasteiger partial charge in [-0.2, -0.15) is 0 Å². The second kappa shape index (κ2) is 13.5. The van der Waals surface area contributed by atoms with Crippen LogP contribution >= 0.6 is 31.9 Å². The molecule has 0 radical (unpaired) electrons. The van der Waals surface area contributed by atoms with Crippen molar-refractivity contribution in [3.8, 4) is 0 Å². The number of unbranched alkanes of at least 4 members (excludes halogenated alkanes) is 1. The van der Waals surface area contributed by atoms with Crippen LogP contribution < -0.4 is 0 Å². The first-order valence-corrected chi connectivity index (χ1v) is 16.1. The number of rotatable bonds is 12. The standard InChI is InChI=1S/C31H29Br2NO4S/c32-22-10-11-23-34(30(35)24-39(36,37)29-20-18-28(33)19-21-29)38-31(25-12-4-1-5-13-25,26-14-6-2-7-15-26)27-16-8-3-9-17-27/h1-9,12-21H,10-11,22-24H2. The van der Waals surface area contributed by atoms with E-state index in [1.165, 1.54) is 17.2 Å².